The predicted octanol–water partition coefficient (Wildman–Crippen LogP) is 4.14. The summed E-state index contributed by atoms with van der Waals surface area (Å²) in [6.07, 6.45) is 0. The Hall–Kier alpha value is -2.01. The van der Waals surface area contributed by atoms with Gasteiger partial charge < -0.3 is 14.0 Å². The van der Waals surface area contributed by atoms with Gasteiger partial charge in [0.1, 0.15) is 24.1 Å². The van der Waals surface area contributed by atoms with Gasteiger partial charge >= 0.3 is 12.8 Å². The number of methoxy groups -OCH3 is 1. The summed E-state index contributed by atoms with van der Waals surface area (Å²) in [7, 11) is 1.53. The highest BCUT2D eigenvalue weighted by molar-refractivity contribution is 7.84. The molecular formula is C17H19ClNO5P. The first-order chi connectivity index (χ1) is 11.9. The molecule has 2 aromatic rings. The van der Waals surface area contributed by atoms with E-state index in [4.69, 9.17) is 25.2 Å². The molecule has 0 aliphatic rings. The van der Waals surface area contributed by atoms with Crippen LogP contribution < -0.4 is 14.3 Å². The molecule has 0 amide bonds. The fourth-order valence-corrected chi connectivity index (χ4v) is 3.63. The third kappa shape index (κ3) is 6.42. The van der Waals surface area contributed by atoms with Crippen molar-refractivity contribution in [3.8, 4) is 11.5 Å². The zero-order valence-electron chi connectivity index (χ0n) is 13.8. The summed E-state index contributed by atoms with van der Waals surface area (Å²) >= 11 is 5.88. The van der Waals surface area contributed by atoms with Crippen molar-refractivity contribution in [2.45, 2.75) is 19.6 Å². The zero-order chi connectivity index (χ0) is 18.3. The average Bonchev–Trinajstić information content (AvgIpc) is 2.60. The van der Waals surface area contributed by atoms with Gasteiger partial charge in [-0.2, -0.15) is 0 Å². The van der Waals surface area contributed by atoms with E-state index in [1.165, 1.54) is 14.0 Å². The lowest BCUT2D eigenvalue weighted by atomic mass is 10.2. The Kier molecular flexibility index (Phi) is 6.88. The van der Waals surface area contributed by atoms with E-state index < -0.39 is 18.9 Å². The van der Waals surface area contributed by atoms with E-state index in [-0.39, 0.29) is 12.4 Å². The maximum absolute atomic E-state index is 12.3. The normalized spacial score (nSPS) is 14.2. The van der Waals surface area contributed by atoms with Crippen LogP contribution in [0.4, 0.5) is 0 Å². The molecule has 0 fully saturated rings. The molecule has 25 heavy (non-hydrogen) atoms. The predicted molar refractivity (Wildman–Crippen MR) is 95.9 cm³/mol. The summed E-state index contributed by atoms with van der Waals surface area (Å²) in [4.78, 5) is 12.0. The van der Waals surface area contributed by atoms with Crippen molar-refractivity contribution in [1.82, 2.24) is 5.09 Å². The van der Waals surface area contributed by atoms with Crippen molar-refractivity contribution in [1.29, 1.82) is 0 Å². The summed E-state index contributed by atoms with van der Waals surface area (Å²) in [5.41, 5.74) is 0.853. The highest BCUT2D eigenvalue weighted by atomic mass is 35.7. The van der Waals surface area contributed by atoms with Crippen molar-refractivity contribution < 1.29 is 23.4 Å². The summed E-state index contributed by atoms with van der Waals surface area (Å²) in [6, 6.07) is 14.8. The number of esters is 1. The first-order valence-corrected chi connectivity index (χ1v) is 10.0. The quantitative estimate of drug-likeness (QED) is 0.545. The minimum absolute atomic E-state index is 0.123. The Balaban J connectivity index is 1.87. The first kappa shape index (κ1) is 19.3. The van der Waals surface area contributed by atoms with Crippen LogP contribution in [0.1, 0.15) is 12.5 Å². The fraction of sp³-hybridized carbons (Fsp3) is 0.235. The zero-order valence-corrected chi connectivity index (χ0v) is 15.5. The van der Waals surface area contributed by atoms with Crippen molar-refractivity contribution >= 4 is 24.1 Å². The Labute approximate surface area is 151 Å². The maximum atomic E-state index is 12.3. The SMILES string of the molecule is COc1ccc(OP(=O)(Cl)N[C@@H](C)C(=O)OCc2ccccc2)cc1. The Morgan fingerprint density at radius 2 is 1.72 bits per heavy atom. The first-order valence-electron chi connectivity index (χ1n) is 7.51. The van der Waals surface area contributed by atoms with Gasteiger partial charge in [0.25, 0.3) is 0 Å². The molecule has 2 atom stereocenters. The molecule has 1 N–H and O–H groups in total. The van der Waals surface area contributed by atoms with Crippen LogP contribution in [-0.4, -0.2) is 19.1 Å². The van der Waals surface area contributed by atoms with E-state index >= 15 is 0 Å². The molecule has 6 nitrogen and oxygen atoms in total. The molecule has 0 aliphatic heterocycles. The van der Waals surface area contributed by atoms with Crippen molar-refractivity contribution in [3.63, 3.8) is 0 Å². The smallest absolute Gasteiger partial charge is 0.409 e. The van der Waals surface area contributed by atoms with Crippen LogP contribution in [-0.2, 0) is 20.7 Å². The Morgan fingerprint density at radius 1 is 1.12 bits per heavy atom. The van der Waals surface area contributed by atoms with Gasteiger partial charge in [0, 0.05) is 11.2 Å². The summed E-state index contributed by atoms with van der Waals surface area (Å²) in [5, 5.41) is 2.46. The summed E-state index contributed by atoms with van der Waals surface area (Å²) in [6.45, 7) is -2.14. The highest BCUT2D eigenvalue weighted by Crippen LogP contribution is 2.48. The lowest BCUT2D eigenvalue weighted by molar-refractivity contribution is -0.146. The largest absolute Gasteiger partial charge is 0.497 e. The molecule has 2 rings (SSSR count). The number of hydrogen-bond acceptors (Lipinski definition) is 5. The van der Waals surface area contributed by atoms with Gasteiger partial charge in [-0.05, 0) is 36.8 Å². The molecule has 0 aromatic heterocycles. The van der Waals surface area contributed by atoms with Crippen molar-refractivity contribution in [2.24, 2.45) is 0 Å². The highest BCUT2D eigenvalue weighted by Gasteiger charge is 2.28. The van der Waals surface area contributed by atoms with Gasteiger partial charge in [-0.1, -0.05) is 30.3 Å². The number of ether oxygens (including phenoxy) is 2. The molecule has 0 spiro atoms. The third-order valence-electron chi connectivity index (χ3n) is 3.21. The molecule has 8 heteroatoms. The minimum atomic E-state index is -3.76. The van der Waals surface area contributed by atoms with Gasteiger partial charge in [0.15, 0.2) is 0 Å². The van der Waals surface area contributed by atoms with Crippen LogP contribution in [0.2, 0.25) is 0 Å². The van der Waals surface area contributed by atoms with Gasteiger partial charge in [-0.15, -0.1) is 0 Å². The van der Waals surface area contributed by atoms with E-state index in [1.54, 1.807) is 24.3 Å². The lowest BCUT2D eigenvalue weighted by Gasteiger charge is -2.18. The molecule has 1 unspecified atom stereocenters. The van der Waals surface area contributed by atoms with Crippen LogP contribution in [0, 0.1) is 0 Å². The number of hydrogen-bond donors (Lipinski definition) is 1. The van der Waals surface area contributed by atoms with E-state index in [1.807, 2.05) is 30.3 Å². The van der Waals surface area contributed by atoms with Gasteiger partial charge in [-0.3, -0.25) is 4.79 Å². The van der Waals surface area contributed by atoms with E-state index in [2.05, 4.69) is 5.09 Å². The van der Waals surface area contributed by atoms with Crippen LogP contribution >= 0.6 is 18.1 Å². The van der Waals surface area contributed by atoms with Gasteiger partial charge in [-0.25, -0.2) is 9.65 Å². The molecule has 0 bridgehead atoms. The van der Waals surface area contributed by atoms with Gasteiger partial charge in [0.05, 0.1) is 7.11 Å². The summed E-state index contributed by atoms with van der Waals surface area (Å²) in [5.74, 6) is 0.335. The molecule has 0 saturated carbocycles. The van der Waals surface area contributed by atoms with E-state index in [0.29, 0.717) is 5.75 Å². The number of carbonyl (C=O) groups excluding carboxylic acids is 1. The molecular weight excluding hydrogens is 365 g/mol. The van der Waals surface area contributed by atoms with Crippen molar-refractivity contribution in [2.75, 3.05) is 7.11 Å². The third-order valence-corrected chi connectivity index (χ3v) is 4.85. The average molecular weight is 384 g/mol. The lowest BCUT2D eigenvalue weighted by Crippen LogP contribution is -2.33. The van der Waals surface area contributed by atoms with Crippen molar-refractivity contribution in [3.05, 3.63) is 60.2 Å². The Bertz CT molecular complexity index is 738. The standard InChI is InChI=1S/C17H19ClNO5P/c1-13(17(20)23-12-14-6-4-3-5-7-14)19-25(18,21)24-16-10-8-15(22-2)9-11-16/h3-11,13H,12H2,1-2H3,(H,19,21)/t13-,25?/m0/s1. The number of halogens is 1. The monoisotopic (exact) mass is 383 g/mol. The van der Waals surface area contributed by atoms with Crippen LogP contribution in [0.5, 0.6) is 11.5 Å². The molecule has 0 aliphatic carbocycles. The van der Waals surface area contributed by atoms with Crippen LogP contribution in [0.3, 0.4) is 0 Å². The van der Waals surface area contributed by atoms with E-state index in [0.717, 1.165) is 5.56 Å². The second-order valence-electron chi connectivity index (χ2n) is 5.19. The second-order valence-corrected chi connectivity index (χ2v) is 7.93. The fourth-order valence-electron chi connectivity index (χ4n) is 1.94. The second kappa shape index (κ2) is 8.90. The number of nitrogens with one attached hydrogen (secondary N) is 1. The number of benzene rings is 2. The summed E-state index contributed by atoms with van der Waals surface area (Å²) < 4.78 is 27.7. The molecule has 0 radical (unpaired) electrons. The van der Waals surface area contributed by atoms with Gasteiger partial charge in [0.2, 0.25) is 0 Å². The molecule has 0 saturated heterocycles. The number of rotatable bonds is 8. The minimum Gasteiger partial charge on any atom is -0.497 e. The maximum Gasteiger partial charge on any atom is 0.409 e. The molecule has 0 heterocycles. The van der Waals surface area contributed by atoms with Crippen LogP contribution in [0.25, 0.3) is 0 Å². The number of carbonyl (C=O) groups is 1. The topological polar surface area (TPSA) is 73.9 Å². The molecule has 134 valence electrons. The molecule has 2 aromatic carbocycles. The van der Waals surface area contributed by atoms with E-state index in [9.17, 15) is 9.36 Å². The van der Waals surface area contributed by atoms with Crippen LogP contribution in [0.15, 0.2) is 54.6 Å². The Morgan fingerprint density at radius 3 is 2.32 bits per heavy atom.